The first-order valence-corrected chi connectivity index (χ1v) is 8.87. The molecule has 1 amide bonds. The van der Waals surface area contributed by atoms with Gasteiger partial charge in [-0.2, -0.15) is 0 Å². The van der Waals surface area contributed by atoms with Crippen LogP contribution in [0.15, 0.2) is 0 Å². The Morgan fingerprint density at radius 2 is 1.73 bits per heavy atom. The number of carbonyl (C=O) groups excluding carboxylic acids is 1. The van der Waals surface area contributed by atoms with Crippen molar-refractivity contribution in [1.82, 2.24) is 4.90 Å². The number of ether oxygens (including phenoxy) is 2. The van der Waals surface area contributed by atoms with Crippen LogP contribution in [0.25, 0.3) is 0 Å². The first-order chi connectivity index (χ1) is 10.7. The summed E-state index contributed by atoms with van der Waals surface area (Å²) in [4.78, 5) is 14.4. The molecule has 0 spiro atoms. The number of likely N-dealkylation sites (tertiary alicyclic amines) is 1. The van der Waals surface area contributed by atoms with E-state index < -0.39 is 0 Å². The highest BCUT2D eigenvalue weighted by Gasteiger charge is 2.28. The van der Waals surface area contributed by atoms with Gasteiger partial charge in [-0.15, -0.1) is 0 Å². The lowest BCUT2D eigenvalue weighted by atomic mass is 10.1. The van der Waals surface area contributed by atoms with Crippen LogP contribution < -0.4 is 0 Å². The second-order valence-electron chi connectivity index (χ2n) is 6.51. The fourth-order valence-electron chi connectivity index (χ4n) is 3.44. The fourth-order valence-corrected chi connectivity index (χ4v) is 3.44. The van der Waals surface area contributed by atoms with Crippen LogP contribution >= 0.6 is 0 Å². The molecule has 0 bridgehead atoms. The van der Waals surface area contributed by atoms with Gasteiger partial charge in [0.25, 0.3) is 5.91 Å². The number of hydrogen-bond donors (Lipinski definition) is 1. The van der Waals surface area contributed by atoms with Crippen molar-refractivity contribution in [1.29, 1.82) is 0 Å². The van der Waals surface area contributed by atoms with Crippen LogP contribution in [-0.4, -0.2) is 60.5 Å². The van der Waals surface area contributed by atoms with Gasteiger partial charge in [0.2, 0.25) is 0 Å². The van der Waals surface area contributed by atoms with Gasteiger partial charge < -0.3 is 19.5 Å². The summed E-state index contributed by atoms with van der Waals surface area (Å²) in [6.07, 6.45) is 9.01. The van der Waals surface area contributed by atoms with E-state index in [4.69, 9.17) is 14.6 Å². The average Bonchev–Trinajstić information content (AvgIpc) is 2.81. The standard InChI is InChI=1S/C17H31NO4/c1-14(22-16-6-4-2-3-5-7-16)17(20)18-10-8-15(9-11-18)21-13-12-19/h14-16,19H,2-13H2,1H3/t14-/m1/s1. The predicted octanol–water partition coefficient (Wildman–Crippen LogP) is 2.11. The van der Waals surface area contributed by atoms with Gasteiger partial charge in [0, 0.05) is 13.1 Å². The Morgan fingerprint density at radius 3 is 2.32 bits per heavy atom. The maximum absolute atomic E-state index is 12.5. The number of amides is 1. The van der Waals surface area contributed by atoms with Gasteiger partial charge in [0.05, 0.1) is 25.4 Å². The molecule has 5 heteroatoms. The molecule has 1 saturated carbocycles. The molecule has 2 fully saturated rings. The first kappa shape index (κ1) is 17.7. The molecule has 5 nitrogen and oxygen atoms in total. The van der Waals surface area contributed by atoms with Gasteiger partial charge in [-0.25, -0.2) is 0 Å². The molecule has 2 rings (SSSR count). The molecule has 1 N–H and O–H groups in total. The van der Waals surface area contributed by atoms with Crippen LogP contribution in [0, 0.1) is 0 Å². The lowest BCUT2D eigenvalue weighted by molar-refractivity contribution is -0.149. The summed E-state index contributed by atoms with van der Waals surface area (Å²) in [5, 5.41) is 8.78. The topological polar surface area (TPSA) is 59.0 Å². The molecule has 0 radical (unpaired) electrons. The van der Waals surface area contributed by atoms with Crippen molar-refractivity contribution in [2.75, 3.05) is 26.3 Å². The van der Waals surface area contributed by atoms with E-state index >= 15 is 0 Å². The van der Waals surface area contributed by atoms with Crippen molar-refractivity contribution in [2.24, 2.45) is 0 Å². The number of rotatable bonds is 6. The van der Waals surface area contributed by atoms with Crippen molar-refractivity contribution in [2.45, 2.75) is 76.6 Å². The third-order valence-corrected chi connectivity index (χ3v) is 4.75. The molecular weight excluding hydrogens is 282 g/mol. The number of aliphatic hydroxyl groups is 1. The zero-order valence-electron chi connectivity index (χ0n) is 13.8. The van der Waals surface area contributed by atoms with E-state index in [1.807, 2.05) is 11.8 Å². The van der Waals surface area contributed by atoms with Crippen molar-refractivity contribution < 1.29 is 19.4 Å². The molecule has 1 aliphatic heterocycles. The molecule has 1 aliphatic carbocycles. The lowest BCUT2D eigenvalue weighted by Gasteiger charge is -2.34. The Balaban J connectivity index is 1.71. The van der Waals surface area contributed by atoms with E-state index in [-0.39, 0.29) is 30.8 Å². The molecule has 22 heavy (non-hydrogen) atoms. The van der Waals surface area contributed by atoms with Gasteiger partial charge in [-0.3, -0.25) is 4.79 Å². The van der Waals surface area contributed by atoms with Crippen LogP contribution in [0.4, 0.5) is 0 Å². The molecule has 2 aliphatic rings. The molecule has 0 aromatic rings. The van der Waals surface area contributed by atoms with Crippen molar-refractivity contribution in [3.63, 3.8) is 0 Å². The molecule has 0 aromatic heterocycles. The van der Waals surface area contributed by atoms with Crippen molar-refractivity contribution in [3.8, 4) is 0 Å². The maximum Gasteiger partial charge on any atom is 0.251 e. The molecule has 0 aromatic carbocycles. The second-order valence-corrected chi connectivity index (χ2v) is 6.51. The van der Waals surface area contributed by atoms with Gasteiger partial charge in [-0.1, -0.05) is 25.7 Å². The highest BCUT2D eigenvalue weighted by molar-refractivity contribution is 5.80. The Hall–Kier alpha value is -0.650. The largest absolute Gasteiger partial charge is 0.394 e. The maximum atomic E-state index is 12.5. The molecular formula is C17H31NO4. The van der Waals surface area contributed by atoms with E-state index in [1.54, 1.807) is 0 Å². The van der Waals surface area contributed by atoms with Crippen LogP contribution in [0.1, 0.15) is 58.3 Å². The highest BCUT2D eigenvalue weighted by atomic mass is 16.5. The number of hydrogen-bond acceptors (Lipinski definition) is 4. The minimum Gasteiger partial charge on any atom is -0.394 e. The highest BCUT2D eigenvalue weighted by Crippen LogP contribution is 2.22. The summed E-state index contributed by atoms with van der Waals surface area (Å²) in [5.41, 5.74) is 0. The summed E-state index contributed by atoms with van der Waals surface area (Å²) >= 11 is 0. The lowest BCUT2D eigenvalue weighted by Crippen LogP contribution is -2.46. The van der Waals surface area contributed by atoms with Crippen LogP contribution in [0.2, 0.25) is 0 Å². The van der Waals surface area contributed by atoms with E-state index in [1.165, 1.54) is 25.7 Å². The minimum absolute atomic E-state index is 0.0609. The zero-order valence-corrected chi connectivity index (χ0v) is 13.8. The summed E-state index contributed by atoms with van der Waals surface area (Å²) < 4.78 is 11.6. The van der Waals surface area contributed by atoms with Gasteiger partial charge in [-0.05, 0) is 32.6 Å². The Kier molecular flexibility index (Phi) is 7.63. The summed E-state index contributed by atoms with van der Waals surface area (Å²) in [6.45, 7) is 3.80. The average molecular weight is 313 g/mol. The van der Waals surface area contributed by atoms with E-state index in [0.29, 0.717) is 6.61 Å². The third kappa shape index (κ3) is 5.52. The Morgan fingerprint density at radius 1 is 1.09 bits per heavy atom. The van der Waals surface area contributed by atoms with Gasteiger partial charge >= 0.3 is 0 Å². The molecule has 1 heterocycles. The van der Waals surface area contributed by atoms with Gasteiger partial charge in [0.15, 0.2) is 0 Å². The van der Waals surface area contributed by atoms with Crippen LogP contribution in [-0.2, 0) is 14.3 Å². The Bertz CT molecular complexity index is 321. The van der Waals surface area contributed by atoms with Crippen LogP contribution in [0.3, 0.4) is 0 Å². The number of piperidine rings is 1. The van der Waals surface area contributed by atoms with Crippen LogP contribution in [0.5, 0.6) is 0 Å². The first-order valence-electron chi connectivity index (χ1n) is 8.87. The Labute approximate surface area is 134 Å². The van der Waals surface area contributed by atoms with Crippen molar-refractivity contribution >= 4 is 5.91 Å². The normalized spacial score (nSPS) is 23.3. The third-order valence-electron chi connectivity index (χ3n) is 4.75. The number of aliphatic hydroxyl groups excluding tert-OH is 1. The van der Waals surface area contributed by atoms with Crippen molar-refractivity contribution in [3.05, 3.63) is 0 Å². The second kappa shape index (κ2) is 9.48. The summed E-state index contributed by atoms with van der Waals surface area (Å²) in [6, 6.07) is 0. The zero-order chi connectivity index (χ0) is 15.8. The molecule has 0 unspecified atom stereocenters. The molecule has 1 saturated heterocycles. The number of carbonyl (C=O) groups is 1. The molecule has 128 valence electrons. The quantitative estimate of drug-likeness (QED) is 0.763. The summed E-state index contributed by atoms with van der Waals surface area (Å²) in [7, 11) is 0. The molecule has 1 atom stereocenters. The monoisotopic (exact) mass is 313 g/mol. The SMILES string of the molecule is C[C@@H](OC1CCCCCC1)C(=O)N1CCC(OCCO)CC1. The minimum atomic E-state index is -0.335. The van der Waals surface area contributed by atoms with E-state index in [2.05, 4.69) is 0 Å². The fraction of sp³-hybridized carbons (Fsp3) is 0.941. The van der Waals surface area contributed by atoms with E-state index in [9.17, 15) is 4.79 Å². The summed E-state index contributed by atoms with van der Waals surface area (Å²) in [5.74, 6) is 0.116. The van der Waals surface area contributed by atoms with E-state index in [0.717, 1.165) is 38.8 Å². The number of nitrogens with zero attached hydrogens (tertiary/aromatic N) is 1. The predicted molar refractivity (Wildman–Crippen MR) is 84.7 cm³/mol. The van der Waals surface area contributed by atoms with Gasteiger partial charge in [0.1, 0.15) is 6.10 Å². The smallest absolute Gasteiger partial charge is 0.251 e.